The van der Waals surface area contributed by atoms with Crippen molar-refractivity contribution in [2.45, 2.75) is 13.8 Å². The van der Waals surface area contributed by atoms with E-state index in [-0.39, 0.29) is 5.82 Å². The van der Waals surface area contributed by atoms with Gasteiger partial charge in [0.1, 0.15) is 5.82 Å². The van der Waals surface area contributed by atoms with Crippen LogP contribution >= 0.6 is 28.1 Å². The summed E-state index contributed by atoms with van der Waals surface area (Å²) in [6.45, 7) is 3.78. The van der Waals surface area contributed by atoms with Crippen LogP contribution in [0.3, 0.4) is 0 Å². The molecule has 0 saturated carbocycles. The molecule has 0 radical (unpaired) electrons. The summed E-state index contributed by atoms with van der Waals surface area (Å²) in [6.07, 6.45) is 0. The molecular formula is C15H12BrFN2S. The minimum atomic E-state index is -0.233. The first-order chi connectivity index (χ1) is 9.47. The van der Waals surface area contributed by atoms with Crippen molar-refractivity contribution in [2.75, 3.05) is 0 Å². The summed E-state index contributed by atoms with van der Waals surface area (Å²) in [7, 11) is 0. The number of fused-ring (bicyclic) bond motifs is 1. The molecule has 0 unspecified atom stereocenters. The molecule has 0 fully saturated rings. The SMILES string of the molecule is Cc1ccc(-n2c(=S)[nH]c3cc(F)c(C)cc32)c(Br)c1. The summed E-state index contributed by atoms with van der Waals surface area (Å²) in [6, 6.07) is 9.35. The Labute approximate surface area is 129 Å². The van der Waals surface area contributed by atoms with E-state index in [0.717, 1.165) is 21.2 Å². The molecule has 0 aliphatic rings. The molecular weight excluding hydrogens is 339 g/mol. The fourth-order valence-electron chi connectivity index (χ4n) is 2.26. The number of aromatic nitrogens is 2. The number of hydrogen-bond acceptors (Lipinski definition) is 1. The van der Waals surface area contributed by atoms with E-state index in [1.165, 1.54) is 6.07 Å². The number of aromatic amines is 1. The normalized spacial score (nSPS) is 11.2. The third kappa shape index (κ3) is 2.11. The van der Waals surface area contributed by atoms with E-state index in [4.69, 9.17) is 12.2 Å². The first-order valence-electron chi connectivity index (χ1n) is 6.15. The molecule has 1 aromatic heterocycles. The first kappa shape index (κ1) is 13.5. The summed E-state index contributed by atoms with van der Waals surface area (Å²) in [5.41, 5.74) is 4.28. The van der Waals surface area contributed by atoms with Gasteiger partial charge in [0, 0.05) is 4.47 Å². The number of halogens is 2. The highest BCUT2D eigenvalue weighted by Gasteiger charge is 2.11. The minimum Gasteiger partial charge on any atom is -0.330 e. The van der Waals surface area contributed by atoms with Crippen LogP contribution in [0.4, 0.5) is 4.39 Å². The lowest BCUT2D eigenvalue weighted by Gasteiger charge is -2.08. The van der Waals surface area contributed by atoms with Crippen LogP contribution in [-0.2, 0) is 0 Å². The number of imidazole rings is 1. The first-order valence-corrected chi connectivity index (χ1v) is 7.35. The molecule has 102 valence electrons. The molecule has 0 aliphatic carbocycles. The maximum atomic E-state index is 13.7. The fourth-order valence-corrected chi connectivity index (χ4v) is 3.24. The molecule has 3 aromatic rings. The molecule has 0 atom stereocenters. The maximum Gasteiger partial charge on any atom is 0.182 e. The second-order valence-corrected chi connectivity index (χ2v) is 6.08. The summed E-state index contributed by atoms with van der Waals surface area (Å²) in [4.78, 5) is 3.05. The van der Waals surface area contributed by atoms with Crippen LogP contribution in [0.2, 0.25) is 0 Å². The largest absolute Gasteiger partial charge is 0.330 e. The van der Waals surface area contributed by atoms with Crippen molar-refractivity contribution in [3.63, 3.8) is 0 Å². The van der Waals surface area contributed by atoms with Crippen LogP contribution in [0.25, 0.3) is 16.7 Å². The van der Waals surface area contributed by atoms with Crippen LogP contribution in [0.15, 0.2) is 34.8 Å². The molecule has 5 heteroatoms. The summed E-state index contributed by atoms with van der Waals surface area (Å²) >= 11 is 8.94. The zero-order valence-electron chi connectivity index (χ0n) is 11.0. The van der Waals surface area contributed by atoms with Crippen LogP contribution < -0.4 is 0 Å². The van der Waals surface area contributed by atoms with Gasteiger partial charge < -0.3 is 4.98 Å². The predicted molar refractivity (Wildman–Crippen MR) is 85.6 cm³/mol. The molecule has 0 spiro atoms. The van der Waals surface area contributed by atoms with Crippen LogP contribution in [0.1, 0.15) is 11.1 Å². The quantitative estimate of drug-likeness (QED) is 0.597. The monoisotopic (exact) mass is 350 g/mol. The minimum absolute atomic E-state index is 0.233. The van der Waals surface area contributed by atoms with Crippen molar-refractivity contribution in [2.24, 2.45) is 0 Å². The Hall–Kier alpha value is -1.46. The van der Waals surface area contributed by atoms with Gasteiger partial charge in [-0.2, -0.15) is 0 Å². The van der Waals surface area contributed by atoms with Gasteiger partial charge in [-0.1, -0.05) is 6.07 Å². The van der Waals surface area contributed by atoms with Gasteiger partial charge in [-0.05, 0) is 77.4 Å². The molecule has 2 nitrogen and oxygen atoms in total. The molecule has 1 heterocycles. The Kier molecular flexibility index (Phi) is 3.26. The molecule has 20 heavy (non-hydrogen) atoms. The van der Waals surface area contributed by atoms with Gasteiger partial charge in [-0.3, -0.25) is 4.57 Å². The molecule has 0 bridgehead atoms. The molecule has 0 amide bonds. The number of nitrogens with one attached hydrogen (secondary N) is 1. The second-order valence-electron chi connectivity index (χ2n) is 4.84. The molecule has 0 saturated heterocycles. The Morgan fingerprint density at radius 1 is 1.20 bits per heavy atom. The third-order valence-electron chi connectivity index (χ3n) is 3.31. The lowest BCUT2D eigenvalue weighted by atomic mass is 10.2. The lowest BCUT2D eigenvalue weighted by molar-refractivity contribution is 0.620. The van der Waals surface area contributed by atoms with Gasteiger partial charge in [0.2, 0.25) is 0 Å². The van der Waals surface area contributed by atoms with Crippen LogP contribution in [0.5, 0.6) is 0 Å². The summed E-state index contributed by atoms with van der Waals surface area (Å²) in [5.74, 6) is -0.233. The number of nitrogens with zero attached hydrogens (tertiary/aromatic N) is 1. The van der Waals surface area contributed by atoms with E-state index in [1.807, 2.05) is 35.8 Å². The van der Waals surface area contributed by atoms with Crippen molar-refractivity contribution in [3.8, 4) is 5.69 Å². The Morgan fingerprint density at radius 3 is 2.65 bits per heavy atom. The van der Waals surface area contributed by atoms with Crippen molar-refractivity contribution in [1.82, 2.24) is 9.55 Å². The lowest BCUT2D eigenvalue weighted by Crippen LogP contribution is -1.96. The fraction of sp³-hybridized carbons (Fsp3) is 0.133. The smallest absolute Gasteiger partial charge is 0.182 e. The molecule has 3 rings (SSSR count). The van der Waals surface area contributed by atoms with Gasteiger partial charge in [-0.25, -0.2) is 4.39 Å². The highest BCUT2D eigenvalue weighted by atomic mass is 79.9. The molecule has 2 aromatic carbocycles. The molecule has 1 N–H and O–H groups in total. The number of hydrogen-bond donors (Lipinski definition) is 1. The van der Waals surface area contributed by atoms with Gasteiger partial charge in [0.05, 0.1) is 16.7 Å². The van der Waals surface area contributed by atoms with E-state index in [0.29, 0.717) is 15.9 Å². The zero-order chi connectivity index (χ0) is 14.4. The zero-order valence-corrected chi connectivity index (χ0v) is 13.4. The van der Waals surface area contributed by atoms with E-state index >= 15 is 0 Å². The van der Waals surface area contributed by atoms with Crippen LogP contribution in [-0.4, -0.2) is 9.55 Å². The van der Waals surface area contributed by atoms with Crippen molar-refractivity contribution < 1.29 is 4.39 Å². The standard InChI is InChI=1S/C15H12BrFN2S/c1-8-3-4-13(10(16)5-8)19-14-6-9(2)11(17)7-12(14)18-15(19)20/h3-7H,1-2H3,(H,18,20). The highest BCUT2D eigenvalue weighted by molar-refractivity contribution is 9.10. The maximum absolute atomic E-state index is 13.7. The van der Waals surface area contributed by atoms with E-state index in [9.17, 15) is 4.39 Å². The van der Waals surface area contributed by atoms with Gasteiger partial charge in [0.15, 0.2) is 4.77 Å². The van der Waals surface area contributed by atoms with E-state index in [2.05, 4.69) is 20.9 Å². The summed E-state index contributed by atoms with van der Waals surface area (Å²) < 4.78 is 17.1. The Morgan fingerprint density at radius 2 is 1.95 bits per heavy atom. The number of H-pyrrole nitrogens is 1. The van der Waals surface area contributed by atoms with E-state index in [1.54, 1.807) is 6.92 Å². The Bertz CT molecular complexity index is 879. The van der Waals surface area contributed by atoms with Gasteiger partial charge >= 0.3 is 0 Å². The van der Waals surface area contributed by atoms with Crippen molar-refractivity contribution >= 4 is 39.2 Å². The second kappa shape index (κ2) is 4.82. The van der Waals surface area contributed by atoms with Gasteiger partial charge in [-0.15, -0.1) is 0 Å². The average molecular weight is 351 g/mol. The number of benzene rings is 2. The Balaban J connectivity index is 2.39. The van der Waals surface area contributed by atoms with Crippen molar-refractivity contribution in [3.05, 3.63) is 56.5 Å². The van der Waals surface area contributed by atoms with Gasteiger partial charge in [0.25, 0.3) is 0 Å². The average Bonchev–Trinajstić information content (AvgIpc) is 2.66. The number of rotatable bonds is 1. The highest BCUT2D eigenvalue weighted by Crippen LogP contribution is 2.28. The third-order valence-corrected chi connectivity index (χ3v) is 4.23. The molecule has 0 aliphatic heterocycles. The predicted octanol–water partition coefficient (Wildman–Crippen LogP) is 5.21. The topological polar surface area (TPSA) is 20.7 Å². The summed E-state index contributed by atoms with van der Waals surface area (Å²) in [5, 5.41) is 0. The van der Waals surface area contributed by atoms with Crippen molar-refractivity contribution in [1.29, 1.82) is 0 Å². The van der Waals surface area contributed by atoms with E-state index < -0.39 is 0 Å². The number of aryl methyl sites for hydroxylation is 2. The van der Waals surface area contributed by atoms with Crippen LogP contribution in [0, 0.1) is 24.4 Å².